The van der Waals surface area contributed by atoms with E-state index in [-0.39, 0.29) is 5.60 Å². The highest BCUT2D eigenvalue weighted by Crippen LogP contribution is 2.33. The smallest absolute Gasteiger partial charge is 0.214 e. The number of nitrogens with one attached hydrogen (secondary N) is 1. The van der Waals surface area contributed by atoms with Crippen LogP contribution in [0.3, 0.4) is 0 Å². The average molecular weight is 402 g/mol. The van der Waals surface area contributed by atoms with Crippen LogP contribution < -0.4 is 9.62 Å². The number of hydrogen-bond acceptors (Lipinski definition) is 7. The quantitative estimate of drug-likeness (QED) is 0.564. The number of halogens is 1. The van der Waals surface area contributed by atoms with E-state index in [0.29, 0.717) is 11.4 Å². The van der Waals surface area contributed by atoms with Crippen molar-refractivity contribution in [1.29, 1.82) is 5.26 Å². The zero-order valence-electron chi connectivity index (χ0n) is 16.3. The third-order valence-corrected chi connectivity index (χ3v) is 5.57. The van der Waals surface area contributed by atoms with Crippen LogP contribution in [0, 0.1) is 17.3 Å². The maximum absolute atomic E-state index is 13.2. The van der Waals surface area contributed by atoms with Crippen molar-refractivity contribution >= 4 is 23.5 Å². The minimum absolute atomic E-state index is 0.228. The second kappa shape index (κ2) is 8.78. The number of rotatable bonds is 7. The fourth-order valence-electron chi connectivity index (χ4n) is 3.51. The van der Waals surface area contributed by atoms with Crippen LogP contribution in [-0.4, -0.2) is 56.3 Å². The maximum Gasteiger partial charge on any atom is 0.214 e. The normalized spacial score (nSPS) is 19.1. The Morgan fingerprint density at radius 2 is 2.21 bits per heavy atom. The summed E-state index contributed by atoms with van der Waals surface area (Å²) in [6, 6.07) is 12.6. The molecule has 0 radical (unpaired) electrons. The van der Waals surface area contributed by atoms with Crippen LogP contribution in [0.25, 0.3) is 0 Å². The van der Waals surface area contributed by atoms with E-state index in [9.17, 15) is 9.65 Å². The van der Waals surface area contributed by atoms with Crippen molar-refractivity contribution in [2.45, 2.75) is 16.9 Å². The molecule has 1 N–H and O–H groups in total. The molecule has 2 aromatic rings. The fourth-order valence-corrected chi connectivity index (χ4v) is 4.16. The summed E-state index contributed by atoms with van der Waals surface area (Å²) in [5.74, 6) is -0.104. The Labute approximate surface area is 169 Å². The Kier molecular flexibility index (Phi) is 6.39. The van der Waals surface area contributed by atoms with Crippen LogP contribution >= 0.6 is 11.9 Å². The number of likely N-dealkylation sites (N-methyl/N-ethyl adjacent to an activating group) is 1. The van der Waals surface area contributed by atoms with Gasteiger partial charge in [0.15, 0.2) is 0 Å². The van der Waals surface area contributed by atoms with Gasteiger partial charge in [-0.3, -0.25) is 0 Å². The lowest BCUT2D eigenvalue weighted by atomic mass is 10.0. The van der Waals surface area contributed by atoms with Crippen LogP contribution in [0.2, 0.25) is 0 Å². The molecule has 6 nitrogen and oxygen atoms in total. The highest BCUT2D eigenvalue weighted by Gasteiger charge is 2.39. The molecule has 1 unspecified atom stereocenters. The van der Waals surface area contributed by atoms with Crippen LogP contribution in [-0.2, 0) is 4.74 Å². The predicted molar refractivity (Wildman–Crippen MR) is 110 cm³/mol. The van der Waals surface area contributed by atoms with Gasteiger partial charge in [-0.15, -0.1) is 0 Å². The van der Waals surface area contributed by atoms with Crippen LogP contribution in [0.5, 0.6) is 0 Å². The van der Waals surface area contributed by atoms with Crippen LogP contribution in [0.1, 0.15) is 12.0 Å². The van der Waals surface area contributed by atoms with Crippen molar-refractivity contribution < 1.29 is 9.13 Å². The summed E-state index contributed by atoms with van der Waals surface area (Å²) in [5, 5.41) is 9.65. The molecule has 148 valence electrons. The third-order valence-electron chi connectivity index (χ3n) is 4.77. The van der Waals surface area contributed by atoms with Gasteiger partial charge in [0, 0.05) is 31.6 Å². The van der Waals surface area contributed by atoms with Crippen molar-refractivity contribution in [2.75, 3.05) is 50.5 Å². The predicted octanol–water partition coefficient (Wildman–Crippen LogP) is 3.37. The van der Waals surface area contributed by atoms with E-state index in [4.69, 9.17) is 4.74 Å². The highest BCUT2D eigenvalue weighted by molar-refractivity contribution is 8.00. The van der Waals surface area contributed by atoms with E-state index < -0.39 is 5.95 Å². The van der Waals surface area contributed by atoms with Gasteiger partial charge < -0.3 is 19.3 Å². The van der Waals surface area contributed by atoms with E-state index in [1.165, 1.54) is 18.0 Å². The molecular formula is C20H24FN5OS. The molecule has 1 saturated heterocycles. The van der Waals surface area contributed by atoms with E-state index in [2.05, 4.69) is 25.6 Å². The van der Waals surface area contributed by atoms with Gasteiger partial charge in [0.2, 0.25) is 5.95 Å². The topological polar surface area (TPSA) is 64.4 Å². The molecule has 3 rings (SSSR count). The van der Waals surface area contributed by atoms with Crippen molar-refractivity contribution in [3.05, 3.63) is 47.9 Å². The molecule has 1 aliphatic heterocycles. The van der Waals surface area contributed by atoms with Gasteiger partial charge in [0.05, 0.1) is 16.9 Å². The highest BCUT2D eigenvalue weighted by atomic mass is 32.2. The number of nitrogens with zero attached hydrogens (tertiary/aromatic N) is 4. The third kappa shape index (κ3) is 4.73. The van der Waals surface area contributed by atoms with Crippen molar-refractivity contribution in [3.63, 3.8) is 0 Å². The molecule has 1 aliphatic rings. The van der Waals surface area contributed by atoms with Crippen molar-refractivity contribution in [1.82, 2.24) is 9.88 Å². The number of aromatic nitrogens is 1. The number of nitriles is 1. The Bertz CT molecular complexity index is 872. The first-order valence-electron chi connectivity index (χ1n) is 8.99. The Balaban J connectivity index is 1.72. The van der Waals surface area contributed by atoms with E-state index in [1.54, 1.807) is 19.2 Å². The minimum atomic E-state index is -0.535. The summed E-state index contributed by atoms with van der Waals surface area (Å²) in [6.07, 6.45) is 0.913. The summed E-state index contributed by atoms with van der Waals surface area (Å²) in [7, 11) is 5.83. The molecule has 1 fully saturated rings. The molecule has 0 saturated carbocycles. The Hall–Kier alpha value is -2.34. The zero-order valence-corrected chi connectivity index (χ0v) is 17.1. The summed E-state index contributed by atoms with van der Waals surface area (Å²) in [4.78, 5) is 8.97. The largest absolute Gasteiger partial charge is 0.375 e. The second-order valence-corrected chi connectivity index (χ2v) is 8.02. The number of methoxy groups -OCH3 is 1. The van der Waals surface area contributed by atoms with Gasteiger partial charge in [0.1, 0.15) is 11.9 Å². The minimum Gasteiger partial charge on any atom is -0.375 e. The number of benzene rings is 1. The molecule has 1 aromatic carbocycles. The number of hydrogen-bond donors (Lipinski definition) is 1. The lowest BCUT2D eigenvalue weighted by molar-refractivity contribution is -0.0100. The van der Waals surface area contributed by atoms with E-state index in [0.717, 1.165) is 36.6 Å². The van der Waals surface area contributed by atoms with Gasteiger partial charge in [0.25, 0.3) is 0 Å². The Morgan fingerprint density at radius 3 is 2.89 bits per heavy atom. The van der Waals surface area contributed by atoms with Gasteiger partial charge in [-0.1, -0.05) is 6.07 Å². The maximum atomic E-state index is 13.2. The molecule has 0 spiro atoms. The first-order chi connectivity index (χ1) is 13.4. The molecule has 8 heteroatoms. The van der Waals surface area contributed by atoms with E-state index in [1.807, 2.05) is 32.3 Å². The van der Waals surface area contributed by atoms with Gasteiger partial charge in [-0.25, -0.2) is 4.98 Å². The van der Waals surface area contributed by atoms with Crippen LogP contribution in [0.4, 0.5) is 15.9 Å². The molecule has 1 aromatic heterocycles. The molecule has 0 bridgehead atoms. The van der Waals surface area contributed by atoms with Crippen molar-refractivity contribution in [3.8, 4) is 6.07 Å². The van der Waals surface area contributed by atoms with Crippen LogP contribution in [0.15, 0.2) is 41.3 Å². The number of pyridine rings is 1. The lowest BCUT2D eigenvalue weighted by Gasteiger charge is -2.31. The SMILES string of the molecule is COC1(CN(C)C)CCN(c2ccc(SNc3cccc(F)n3)cc2C#N)C1. The fraction of sp³-hybridized carbons (Fsp3) is 0.400. The molecule has 2 heterocycles. The van der Waals surface area contributed by atoms with Gasteiger partial charge in [-0.2, -0.15) is 9.65 Å². The average Bonchev–Trinajstić information content (AvgIpc) is 3.10. The second-order valence-electron chi connectivity index (χ2n) is 7.14. The molecule has 28 heavy (non-hydrogen) atoms. The van der Waals surface area contributed by atoms with Gasteiger partial charge in [-0.05, 0) is 62.8 Å². The lowest BCUT2D eigenvalue weighted by Crippen LogP contribution is -2.44. The molecular weight excluding hydrogens is 377 g/mol. The molecule has 1 atom stereocenters. The zero-order chi connectivity index (χ0) is 20.1. The Morgan fingerprint density at radius 1 is 1.39 bits per heavy atom. The molecule has 0 aliphatic carbocycles. The molecule has 0 amide bonds. The first-order valence-corrected chi connectivity index (χ1v) is 9.81. The number of ether oxygens (including phenoxy) is 1. The van der Waals surface area contributed by atoms with E-state index >= 15 is 0 Å². The first kappa shape index (κ1) is 20.4. The number of anilines is 2. The summed E-state index contributed by atoms with van der Waals surface area (Å²) in [6.45, 7) is 2.42. The summed E-state index contributed by atoms with van der Waals surface area (Å²) in [5.41, 5.74) is 1.29. The standard InChI is InChI=1S/C20H24FN5OS/c1-25(2)13-20(27-3)9-10-26(14-20)17-8-7-16(11-15(17)12-22)28-24-19-6-4-5-18(21)23-19/h4-8,11H,9-10,13-14H2,1-3H3,(H,23,24). The summed E-state index contributed by atoms with van der Waals surface area (Å²) < 4.78 is 22.0. The monoisotopic (exact) mass is 401 g/mol. The summed E-state index contributed by atoms with van der Waals surface area (Å²) >= 11 is 1.30. The van der Waals surface area contributed by atoms with Gasteiger partial charge >= 0.3 is 0 Å². The van der Waals surface area contributed by atoms with Crippen molar-refractivity contribution in [2.24, 2.45) is 0 Å².